The largest absolute Gasteiger partial charge is 0.340 e. The number of hydrogen-bond donors (Lipinski definition) is 2. The van der Waals surface area contributed by atoms with E-state index < -0.39 is 0 Å². The predicted octanol–water partition coefficient (Wildman–Crippen LogP) is 2.19. The van der Waals surface area contributed by atoms with Gasteiger partial charge >= 0.3 is 0 Å². The van der Waals surface area contributed by atoms with Gasteiger partial charge in [0.1, 0.15) is 5.82 Å². The van der Waals surface area contributed by atoms with Crippen LogP contribution in [0.5, 0.6) is 0 Å². The summed E-state index contributed by atoms with van der Waals surface area (Å²) in [5, 5.41) is 3.46. The maximum atomic E-state index is 4.70. The van der Waals surface area contributed by atoms with Crippen LogP contribution in [-0.2, 0) is 6.54 Å². The molecule has 1 atom stereocenters. The van der Waals surface area contributed by atoms with E-state index in [4.69, 9.17) is 4.98 Å². The topological polar surface area (TPSA) is 53.6 Å². The molecular weight excluding hydrogens is 236 g/mol. The quantitative estimate of drug-likeness (QED) is 0.696. The smallest absolute Gasteiger partial charge is 0.116 e. The molecule has 0 amide bonds. The first-order chi connectivity index (χ1) is 9.42. The summed E-state index contributed by atoms with van der Waals surface area (Å²) in [4.78, 5) is 12.2. The Kier molecular flexibility index (Phi) is 2.35. The molecule has 1 aliphatic rings. The minimum absolute atomic E-state index is 0.289. The summed E-state index contributed by atoms with van der Waals surface area (Å²) >= 11 is 0. The molecule has 1 unspecified atom stereocenters. The molecule has 94 valence electrons. The van der Waals surface area contributed by atoms with Crippen molar-refractivity contribution in [3.8, 4) is 0 Å². The number of benzene rings is 1. The van der Waals surface area contributed by atoms with Gasteiger partial charge in [0.2, 0.25) is 0 Å². The zero-order valence-electron chi connectivity index (χ0n) is 10.4. The van der Waals surface area contributed by atoms with Crippen molar-refractivity contribution in [2.24, 2.45) is 0 Å². The number of hydrogen-bond acceptors (Lipinski definition) is 3. The lowest BCUT2D eigenvalue weighted by molar-refractivity contribution is 0.576. The minimum Gasteiger partial charge on any atom is -0.340 e. The second kappa shape index (κ2) is 4.17. The number of fused-ring (bicyclic) bond motifs is 2. The Balaban J connectivity index is 1.85. The molecule has 3 aromatic rings. The molecule has 4 nitrogen and oxygen atoms in total. The Labute approximate surface area is 110 Å². The molecule has 3 heterocycles. The average Bonchev–Trinajstić information content (AvgIpc) is 2.90. The number of pyridine rings is 1. The van der Waals surface area contributed by atoms with Gasteiger partial charge in [0, 0.05) is 19.3 Å². The molecule has 2 aromatic heterocycles. The Morgan fingerprint density at radius 1 is 1.16 bits per heavy atom. The number of imidazole rings is 1. The van der Waals surface area contributed by atoms with Gasteiger partial charge in [0.05, 0.1) is 23.1 Å². The van der Waals surface area contributed by atoms with E-state index in [2.05, 4.69) is 39.6 Å². The van der Waals surface area contributed by atoms with Crippen LogP contribution in [0.15, 0.2) is 42.7 Å². The zero-order valence-corrected chi connectivity index (χ0v) is 10.4. The third kappa shape index (κ3) is 1.72. The summed E-state index contributed by atoms with van der Waals surface area (Å²) < 4.78 is 0. The minimum atomic E-state index is 0.289. The van der Waals surface area contributed by atoms with Crippen LogP contribution >= 0.6 is 0 Å². The lowest BCUT2D eigenvalue weighted by atomic mass is 9.90. The van der Waals surface area contributed by atoms with Crippen LogP contribution in [0.1, 0.15) is 22.9 Å². The molecular formula is C15H14N4. The number of nitrogens with zero attached hydrogens (tertiary/aromatic N) is 2. The van der Waals surface area contributed by atoms with Crippen molar-refractivity contribution >= 4 is 11.0 Å². The molecule has 2 N–H and O–H groups in total. The highest BCUT2D eigenvalue weighted by Gasteiger charge is 2.23. The van der Waals surface area contributed by atoms with E-state index in [-0.39, 0.29) is 5.92 Å². The van der Waals surface area contributed by atoms with Crippen LogP contribution in [0, 0.1) is 0 Å². The Bertz CT molecular complexity index is 699. The van der Waals surface area contributed by atoms with Crippen molar-refractivity contribution in [3.05, 3.63) is 59.7 Å². The van der Waals surface area contributed by atoms with Gasteiger partial charge in [-0.2, -0.15) is 0 Å². The van der Waals surface area contributed by atoms with E-state index in [0.717, 1.165) is 29.9 Å². The van der Waals surface area contributed by atoms with Gasteiger partial charge in [0.25, 0.3) is 0 Å². The van der Waals surface area contributed by atoms with E-state index in [1.54, 1.807) is 6.20 Å². The second-order valence-electron chi connectivity index (χ2n) is 4.90. The Morgan fingerprint density at radius 3 is 3.05 bits per heavy atom. The van der Waals surface area contributed by atoms with Gasteiger partial charge in [0.15, 0.2) is 0 Å². The van der Waals surface area contributed by atoms with Gasteiger partial charge in [-0.3, -0.25) is 4.98 Å². The molecule has 4 heteroatoms. The third-order valence-corrected chi connectivity index (χ3v) is 3.73. The Hall–Kier alpha value is -2.20. The monoisotopic (exact) mass is 250 g/mol. The lowest BCUT2D eigenvalue weighted by Gasteiger charge is -2.24. The van der Waals surface area contributed by atoms with Crippen molar-refractivity contribution in [3.63, 3.8) is 0 Å². The summed E-state index contributed by atoms with van der Waals surface area (Å²) in [6, 6.07) is 10.5. The van der Waals surface area contributed by atoms with E-state index in [1.807, 2.05) is 12.3 Å². The van der Waals surface area contributed by atoms with E-state index >= 15 is 0 Å². The average molecular weight is 250 g/mol. The molecule has 0 fully saturated rings. The highest BCUT2D eigenvalue weighted by atomic mass is 15.0. The maximum Gasteiger partial charge on any atom is 0.116 e. The fourth-order valence-electron chi connectivity index (χ4n) is 2.78. The second-order valence-corrected chi connectivity index (χ2v) is 4.90. The van der Waals surface area contributed by atoms with Crippen LogP contribution < -0.4 is 5.32 Å². The van der Waals surface area contributed by atoms with E-state index in [9.17, 15) is 0 Å². The molecule has 0 spiro atoms. The number of nitrogens with one attached hydrogen (secondary N) is 2. The first kappa shape index (κ1) is 10.7. The van der Waals surface area contributed by atoms with Crippen LogP contribution in [0.4, 0.5) is 0 Å². The molecule has 0 saturated carbocycles. The number of aromatic amines is 1. The molecule has 0 bridgehead atoms. The van der Waals surface area contributed by atoms with E-state index in [1.165, 1.54) is 11.1 Å². The van der Waals surface area contributed by atoms with Gasteiger partial charge in [-0.05, 0) is 17.2 Å². The fraction of sp³-hybridized carbons (Fsp3) is 0.200. The maximum absolute atomic E-state index is 4.70. The number of H-pyrrole nitrogens is 1. The molecule has 1 aromatic carbocycles. The number of rotatable bonds is 1. The summed E-state index contributed by atoms with van der Waals surface area (Å²) in [6.45, 7) is 1.86. The predicted molar refractivity (Wildman–Crippen MR) is 73.9 cm³/mol. The van der Waals surface area contributed by atoms with Crippen molar-refractivity contribution in [2.45, 2.75) is 12.5 Å². The SMILES string of the molecule is c1ccc2c(c1)CNCC2c1nc2ccncc2[nH]1. The zero-order chi connectivity index (χ0) is 12.7. The summed E-state index contributed by atoms with van der Waals surface area (Å²) in [7, 11) is 0. The highest BCUT2D eigenvalue weighted by molar-refractivity contribution is 5.73. The molecule has 0 radical (unpaired) electrons. The molecule has 0 saturated heterocycles. The van der Waals surface area contributed by atoms with Gasteiger partial charge in [-0.1, -0.05) is 24.3 Å². The van der Waals surface area contributed by atoms with Gasteiger partial charge < -0.3 is 10.3 Å². The van der Waals surface area contributed by atoms with Gasteiger partial charge in [-0.15, -0.1) is 0 Å². The summed E-state index contributed by atoms with van der Waals surface area (Å²) in [6.07, 6.45) is 3.61. The highest BCUT2D eigenvalue weighted by Crippen LogP contribution is 2.29. The lowest BCUT2D eigenvalue weighted by Crippen LogP contribution is -2.29. The van der Waals surface area contributed by atoms with Crippen LogP contribution in [0.25, 0.3) is 11.0 Å². The fourth-order valence-corrected chi connectivity index (χ4v) is 2.78. The van der Waals surface area contributed by atoms with Crippen molar-refractivity contribution in [2.75, 3.05) is 6.54 Å². The standard InChI is InChI=1S/C15H14N4/c1-2-4-11-10(3-1)7-17-8-12(11)15-18-13-5-6-16-9-14(13)19-15/h1-6,9,12,17H,7-8H2,(H,18,19). The summed E-state index contributed by atoms with van der Waals surface area (Å²) in [5.41, 5.74) is 4.71. The normalized spacial score (nSPS) is 18.4. The van der Waals surface area contributed by atoms with Gasteiger partial charge in [-0.25, -0.2) is 4.98 Å². The summed E-state index contributed by atoms with van der Waals surface area (Å²) in [5.74, 6) is 1.31. The molecule has 1 aliphatic heterocycles. The number of aromatic nitrogens is 3. The Morgan fingerprint density at radius 2 is 2.11 bits per heavy atom. The van der Waals surface area contributed by atoms with E-state index in [0.29, 0.717) is 0 Å². The molecule has 4 rings (SSSR count). The first-order valence-electron chi connectivity index (χ1n) is 6.50. The van der Waals surface area contributed by atoms with Crippen LogP contribution in [0.2, 0.25) is 0 Å². The first-order valence-corrected chi connectivity index (χ1v) is 6.50. The van der Waals surface area contributed by atoms with Crippen molar-refractivity contribution in [1.29, 1.82) is 0 Å². The molecule has 0 aliphatic carbocycles. The van der Waals surface area contributed by atoms with Crippen LogP contribution in [0.3, 0.4) is 0 Å². The van der Waals surface area contributed by atoms with Crippen molar-refractivity contribution in [1.82, 2.24) is 20.3 Å². The molecule has 19 heavy (non-hydrogen) atoms. The van der Waals surface area contributed by atoms with Crippen LogP contribution in [-0.4, -0.2) is 21.5 Å². The van der Waals surface area contributed by atoms with Crippen molar-refractivity contribution < 1.29 is 0 Å². The third-order valence-electron chi connectivity index (χ3n) is 3.73.